The molecular weight excluding hydrogens is 372 g/mol. The van der Waals surface area contributed by atoms with Crippen LogP contribution in [0.25, 0.3) is 0 Å². The highest BCUT2D eigenvalue weighted by Crippen LogP contribution is 2.34. The normalized spacial score (nSPS) is 13.8. The SMILES string of the molecule is C[C@@H](C(=O)Nc1ccc2c(c1)OCO2)N(C)Cc1ccc(Br)cc1. The van der Waals surface area contributed by atoms with Gasteiger partial charge in [-0.15, -0.1) is 0 Å². The number of rotatable bonds is 5. The van der Waals surface area contributed by atoms with Gasteiger partial charge >= 0.3 is 0 Å². The lowest BCUT2D eigenvalue weighted by Crippen LogP contribution is -2.39. The Bertz CT molecular complexity index is 734. The third-order valence-corrected chi connectivity index (χ3v) is 4.55. The van der Waals surface area contributed by atoms with Crippen LogP contribution in [0.3, 0.4) is 0 Å². The van der Waals surface area contributed by atoms with Crippen molar-refractivity contribution in [2.75, 3.05) is 19.2 Å². The van der Waals surface area contributed by atoms with Crippen molar-refractivity contribution in [3.05, 3.63) is 52.5 Å². The van der Waals surface area contributed by atoms with E-state index < -0.39 is 0 Å². The number of carbonyl (C=O) groups excluding carboxylic acids is 1. The van der Waals surface area contributed by atoms with E-state index in [0.717, 1.165) is 10.0 Å². The monoisotopic (exact) mass is 390 g/mol. The molecule has 3 rings (SSSR count). The second-order valence-corrected chi connectivity index (χ2v) is 6.69. The molecule has 0 aromatic heterocycles. The van der Waals surface area contributed by atoms with Crippen LogP contribution in [-0.4, -0.2) is 30.7 Å². The maximum atomic E-state index is 12.5. The third kappa shape index (κ3) is 3.88. The fraction of sp³-hybridized carbons (Fsp3) is 0.278. The van der Waals surface area contributed by atoms with Crippen molar-refractivity contribution >= 4 is 27.5 Å². The molecule has 0 unspecified atom stereocenters. The molecule has 2 aromatic rings. The van der Waals surface area contributed by atoms with Crippen molar-refractivity contribution in [2.45, 2.75) is 19.5 Å². The van der Waals surface area contributed by atoms with E-state index in [-0.39, 0.29) is 18.7 Å². The Morgan fingerprint density at radius 1 is 1.21 bits per heavy atom. The van der Waals surface area contributed by atoms with Crippen LogP contribution < -0.4 is 14.8 Å². The Balaban J connectivity index is 1.60. The van der Waals surface area contributed by atoms with E-state index in [0.29, 0.717) is 23.7 Å². The number of likely N-dealkylation sites (N-methyl/N-ethyl adjacent to an activating group) is 1. The highest BCUT2D eigenvalue weighted by atomic mass is 79.9. The fourth-order valence-corrected chi connectivity index (χ4v) is 2.70. The summed E-state index contributed by atoms with van der Waals surface area (Å²) >= 11 is 3.43. The standard InChI is InChI=1S/C18H19BrN2O3/c1-12(21(2)10-13-3-5-14(19)6-4-13)18(22)20-15-7-8-16-17(9-15)24-11-23-16/h3-9,12H,10-11H2,1-2H3,(H,20,22)/t12-/m0/s1. The molecule has 1 atom stereocenters. The predicted molar refractivity (Wildman–Crippen MR) is 96.3 cm³/mol. The average molecular weight is 391 g/mol. The molecule has 2 aromatic carbocycles. The van der Waals surface area contributed by atoms with Gasteiger partial charge in [-0.05, 0) is 43.8 Å². The van der Waals surface area contributed by atoms with Gasteiger partial charge in [0.15, 0.2) is 11.5 Å². The van der Waals surface area contributed by atoms with Gasteiger partial charge in [0.05, 0.1) is 6.04 Å². The third-order valence-electron chi connectivity index (χ3n) is 4.03. The van der Waals surface area contributed by atoms with Crippen LogP contribution in [0.1, 0.15) is 12.5 Å². The van der Waals surface area contributed by atoms with E-state index in [9.17, 15) is 4.79 Å². The summed E-state index contributed by atoms with van der Waals surface area (Å²) in [5.41, 5.74) is 1.86. The summed E-state index contributed by atoms with van der Waals surface area (Å²) < 4.78 is 11.6. The summed E-state index contributed by atoms with van der Waals surface area (Å²) in [6.45, 7) is 2.81. The molecule has 1 amide bonds. The van der Waals surface area contributed by atoms with E-state index >= 15 is 0 Å². The number of halogens is 1. The smallest absolute Gasteiger partial charge is 0.241 e. The maximum absolute atomic E-state index is 12.5. The van der Waals surface area contributed by atoms with Gasteiger partial charge in [0.25, 0.3) is 0 Å². The van der Waals surface area contributed by atoms with Crippen LogP contribution in [0.4, 0.5) is 5.69 Å². The van der Waals surface area contributed by atoms with E-state index in [1.54, 1.807) is 12.1 Å². The zero-order valence-electron chi connectivity index (χ0n) is 13.6. The van der Waals surface area contributed by atoms with Gasteiger partial charge in [-0.25, -0.2) is 0 Å². The van der Waals surface area contributed by atoms with E-state index in [4.69, 9.17) is 9.47 Å². The minimum atomic E-state index is -0.265. The number of ether oxygens (including phenoxy) is 2. The lowest BCUT2D eigenvalue weighted by Gasteiger charge is -2.24. The summed E-state index contributed by atoms with van der Waals surface area (Å²) in [5, 5.41) is 2.92. The van der Waals surface area contributed by atoms with Crippen LogP contribution in [0.15, 0.2) is 46.9 Å². The van der Waals surface area contributed by atoms with Gasteiger partial charge in [-0.2, -0.15) is 0 Å². The highest BCUT2D eigenvalue weighted by molar-refractivity contribution is 9.10. The predicted octanol–water partition coefficient (Wildman–Crippen LogP) is 3.64. The number of benzene rings is 2. The molecule has 0 saturated carbocycles. The van der Waals surface area contributed by atoms with Crippen LogP contribution in [0, 0.1) is 0 Å². The minimum Gasteiger partial charge on any atom is -0.454 e. The molecular formula is C18H19BrN2O3. The largest absolute Gasteiger partial charge is 0.454 e. The Kier molecular flexibility index (Phi) is 5.06. The summed E-state index contributed by atoms with van der Waals surface area (Å²) in [7, 11) is 1.94. The Morgan fingerprint density at radius 2 is 1.92 bits per heavy atom. The summed E-state index contributed by atoms with van der Waals surface area (Å²) in [4.78, 5) is 14.5. The van der Waals surface area contributed by atoms with Gasteiger partial charge in [0.1, 0.15) is 0 Å². The molecule has 0 spiro atoms. The number of hydrogen-bond donors (Lipinski definition) is 1. The summed E-state index contributed by atoms with van der Waals surface area (Å²) in [6.07, 6.45) is 0. The molecule has 1 aliphatic heterocycles. The van der Waals surface area contributed by atoms with E-state index in [1.807, 2.05) is 49.2 Å². The second-order valence-electron chi connectivity index (χ2n) is 5.77. The van der Waals surface area contributed by atoms with Gasteiger partial charge in [-0.3, -0.25) is 9.69 Å². The molecule has 0 aliphatic carbocycles. The zero-order chi connectivity index (χ0) is 17.1. The van der Waals surface area contributed by atoms with Crippen LogP contribution >= 0.6 is 15.9 Å². The number of nitrogens with one attached hydrogen (secondary N) is 1. The Hall–Kier alpha value is -2.05. The second kappa shape index (κ2) is 7.23. The van der Waals surface area contributed by atoms with Crippen LogP contribution in [0.5, 0.6) is 11.5 Å². The molecule has 0 bridgehead atoms. The molecule has 1 N–H and O–H groups in total. The zero-order valence-corrected chi connectivity index (χ0v) is 15.2. The lowest BCUT2D eigenvalue weighted by atomic mass is 10.2. The van der Waals surface area contributed by atoms with Crippen LogP contribution in [0.2, 0.25) is 0 Å². The first-order chi connectivity index (χ1) is 11.5. The molecule has 126 valence electrons. The summed E-state index contributed by atoms with van der Waals surface area (Å²) in [6, 6.07) is 13.2. The topological polar surface area (TPSA) is 50.8 Å². The van der Waals surface area contributed by atoms with Gasteiger partial charge in [-0.1, -0.05) is 28.1 Å². The van der Waals surface area contributed by atoms with Crippen molar-refractivity contribution in [1.29, 1.82) is 0 Å². The van der Waals surface area contributed by atoms with Gasteiger partial charge in [0.2, 0.25) is 12.7 Å². The van der Waals surface area contributed by atoms with E-state index in [2.05, 4.69) is 21.2 Å². The van der Waals surface area contributed by atoms with Crippen molar-refractivity contribution < 1.29 is 14.3 Å². The number of fused-ring (bicyclic) bond motifs is 1. The van der Waals surface area contributed by atoms with Crippen molar-refractivity contribution in [3.8, 4) is 11.5 Å². The molecule has 0 saturated heterocycles. The van der Waals surface area contributed by atoms with Gasteiger partial charge < -0.3 is 14.8 Å². The average Bonchev–Trinajstić information content (AvgIpc) is 3.03. The minimum absolute atomic E-state index is 0.0616. The van der Waals surface area contributed by atoms with Gasteiger partial charge in [0, 0.05) is 22.8 Å². The molecule has 5 nitrogen and oxygen atoms in total. The Labute approximate surface area is 149 Å². The van der Waals surface area contributed by atoms with Crippen molar-refractivity contribution in [2.24, 2.45) is 0 Å². The summed E-state index contributed by atoms with van der Waals surface area (Å²) in [5.74, 6) is 1.30. The number of nitrogens with zero attached hydrogens (tertiary/aromatic N) is 1. The number of amides is 1. The highest BCUT2D eigenvalue weighted by Gasteiger charge is 2.20. The van der Waals surface area contributed by atoms with Crippen molar-refractivity contribution in [1.82, 2.24) is 4.90 Å². The van der Waals surface area contributed by atoms with Crippen molar-refractivity contribution in [3.63, 3.8) is 0 Å². The fourth-order valence-electron chi connectivity index (χ4n) is 2.44. The molecule has 1 aliphatic rings. The first-order valence-electron chi connectivity index (χ1n) is 7.68. The molecule has 0 radical (unpaired) electrons. The lowest BCUT2D eigenvalue weighted by molar-refractivity contribution is -0.120. The molecule has 6 heteroatoms. The van der Waals surface area contributed by atoms with Crippen LogP contribution in [-0.2, 0) is 11.3 Å². The first kappa shape index (κ1) is 16.8. The molecule has 1 heterocycles. The molecule has 0 fully saturated rings. The molecule has 24 heavy (non-hydrogen) atoms. The maximum Gasteiger partial charge on any atom is 0.241 e. The number of anilines is 1. The Morgan fingerprint density at radius 3 is 2.67 bits per heavy atom. The first-order valence-corrected chi connectivity index (χ1v) is 8.47. The number of carbonyl (C=O) groups is 1. The number of hydrogen-bond acceptors (Lipinski definition) is 4. The van der Waals surface area contributed by atoms with E-state index in [1.165, 1.54) is 0 Å². The quantitative estimate of drug-likeness (QED) is 0.846.